The zero-order valence-electron chi connectivity index (χ0n) is 10.4. The van der Waals surface area contributed by atoms with Gasteiger partial charge in [0.15, 0.2) is 0 Å². The minimum atomic E-state index is -0.242. The zero-order valence-corrected chi connectivity index (χ0v) is 14.3. The van der Waals surface area contributed by atoms with E-state index in [1.54, 1.807) is 37.4 Å². The van der Waals surface area contributed by atoms with Crippen molar-refractivity contribution >= 4 is 55.1 Å². The van der Waals surface area contributed by atoms with Crippen LogP contribution in [0.25, 0.3) is 0 Å². The van der Waals surface area contributed by atoms with Crippen LogP contribution in [0, 0.1) is 0 Å². The van der Waals surface area contributed by atoms with Gasteiger partial charge in [-0.05, 0) is 30.3 Å². The summed E-state index contributed by atoms with van der Waals surface area (Å²) in [4.78, 5) is 12.2. The first kappa shape index (κ1) is 15.4. The first-order valence-electron chi connectivity index (χ1n) is 5.60. The molecule has 0 fully saturated rings. The number of amides is 1. The van der Waals surface area contributed by atoms with Gasteiger partial charge >= 0.3 is 0 Å². The molecular formula is C14H10Br2ClNO2. The van der Waals surface area contributed by atoms with Crippen LogP contribution in [0.1, 0.15) is 10.4 Å². The topological polar surface area (TPSA) is 38.3 Å². The molecule has 0 saturated heterocycles. The van der Waals surface area contributed by atoms with Gasteiger partial charge in [0.05, 0.1) is 7.11 Å². The molecule has 1 N–H and O–H groups in total. The van der Waals surface area contributed by atoms with Crippen molar-refractivity contribution in [3.8, 4) is 5.75 Å². The molecule has 3 nitrogen and oxygen atoms in total. The minimum absolute atomic E-state index is 0.242. The highest BCUT2D eigenvalue weighted by Crippen LogP contribution is 2.25. The number of benzene rings is 2. The molecular weight excluding hydrogens is 409 g/mol. The van der Waals surface area contributed by atoms with Gasteiger partial charge in [-0.25, -0.2) is 0 Å². The monoisotopic (exact) mass is 417 g/mol. The molecule has 2 rings (SSSR count). The van der Waals surface area contributed by atoms with Crippen LogP contribution in [-0.2, 0) is 0 Å². The second-order valence-corrected chi connectivity index (χ2v) is 6.26. The Morgan fingerprint density at radius 1 is 1.10 bits per heavy atom. The fourth-order valence-corrected chi connectivity index (χ4v) is 2.97. The van der Waals surface area contributed by atoms with E-state index in [2.05, 4.69) is 37.2 Å². The van der Waals surface area contributed by atoms with E-state index in [-0.39, 0.29) is 5.91 Å². The predicted octanol–water partition coefficient (Wildman–Crippen LogP) is 5.13. The largest absolute Gasteiger partial charge is 0.497 e. The molecule has 20 heavy (non-hydrogen) atoms. The van der Waals surface area contributed by atoms with Crippen molar-refractivity contribution in [1.82, 2.24) is 0 Å². The number of anilines is 1. The SMILES string of the molecule is COc1cc(Br)cc(NC(=O)c2cc(Cl)cc(Br)c2)c1. The average Bonchev–Trinajstić information content (AvgIpc) is 2.36. The van der Waals surface area contributed by atoms with Crippen molar-refractivity contribution in [1.29, 1.82) is 0 Å². The van der Waals surface area contributed by atoms with E-state index in [9.17, 15) is 4.79 Å². The summed E-state index contributed by atoms with van der Waals surface area (Å²) < 4.78 is 6.72. The second-order valence-electron chi connectivity index (χ2n) is 3.99. The van der Waals surface area contributed by atoms with Gasteiger partial charge < -0.3 is 10.1 Å². The van der Waals surface area contributed by atoms with Gasteiger partial charge in [0.2, 0.25) is 0 Å². The molecule has 0 spiro atoms. The van der Waals surface area contributed by atoms with E-state index >= 15 is 0 Å². The third kappa shape index (κ3) is 3.98. The Hall–Kier alpha value is -1.04. The number of nitrogens with one attached hydrogen (secondary N) is 1. The molecule has 1 amide bonds. The maximum Gasteiger partial charge on any atom is 0.255 e. The molecule has 0 unspecified atom stereocenters. The van der Waals surface area contributed by atoms with Crippen LogP contribution in [0.2, 0.25) is 5.02 Å². The number of carbonyl (C=O) groups excluding carboxylic acids is 1. The summed E-state index contributed by atoms with van der Waals surface area (Å²) in [6, 6.07) is 10.4. The molecule has 0 aliphatic carbocycles. The Morgan fingerprint density at radius 3 is 2.45 bits per heavy atom. The summed E-state index contributed by atoms with van der Waals surface area (Å²) in [5.74, 6) is 0.412. The van der Waals surface area contributed by atoms with E-state index in [4.69, 9.17) is 16.3 Å². The summed E-state index contributed by atoms with van der Waals surface area (Å²) in [5.41, 5.74) is 1.11. The summed E-state index contributed by atoms with van der Waals surface area (Å²) in [7, 11) is 1.57. The molecule has 0 aliphatic rings. The van der Waals surface area contributed by atoms with Gasteiger partial charge in [0.25, 0.3) is 5.91 Å². The number of hydrogen-bond acceptors (Lipinski definition) is 2. The van der Waals surface area contributed by atoms with Gasteiger partial charge in [-0.1, -0.05) is 43.5 Å². The summed E-state index contributed by atoms with van der Waals surface area (Å²) in [5, 5.41) is 3.30. The van der Waals surface area contributed by atoms with Crippen molar-refractivity contribution in [2.75, 3.05) is 12.4 Å². The number of methoxy groups -OCH3 is 1. The van der Waals surface area contributed by atoms with Crippen molar-refractivity contribution in [3.05, 3.63) is 55.9 Å². The van der Waals surface area contributed by atoms with Crippen LogP contribution in [0.15, 0.2) is 45.3 Å². The average molecular weight is 420 g/mol. The molecule has 0 aromatic heterocycles. The number of ether oxygens (including phenoxy) is 1. The van der Waals surface area contributed by atoms with Crippen LogP contribution in [0.5, 0.6) is 5.75 Å². The van der Waals surface area contributed by atoms with Gasteiger partial charge in [-0.2, -0.15) is 0 Å². The highest BCUT2D eigenvalue weighted by molar-refractivity contribution is 9.10. The van der Waals surface area contributed by atoms with E-state index in [1.165, 1.54) is 0 Å². The predicted molar refractivity (Wildman–Crippen MR) is 87.8 cm³/mol. The lowest BCUT2D eigenvalue weighted by Gasteiger charge is -2.09. The number of carbonyl (C=O) groups is 1. The Morgan fingerprint density at radius 2 is 1.80 bits per heavy atom. The molecule has 0 bridgehead atoms. The molecule has 0 heterocycles. The maximum absolute atomic E-state index is 12.2. The fraction of sp³-hybridized carbons (Fsp3) is 0.0714. The first-order valence-corrected chi connectivity index (χ1v) is 7.56. The Kier molecular flexibility index (Phi) is 5.07. The summed E-state index contributed by atoms with van der Waals surface area (Å²) >= 11 is 12.6. The molecule has 0 saturated carbocycles. The highest BCUT2D eigenvalue weighted by Gasteiger charge is 2.09. The van der Waals surface area contributed by atoms with E-state index in [0.717, 1.165) is 8.95 Å². The van der Waals surface area contributed by atoms with Gasteiger partial charge in [0, 0.05) is 31.3 Å². The molecule has 2 aromatic rings. The lowest BCUT2D eigenvalue weighted by molar-refractivity contribution is 0.102. The van der Waals surface area contributed by atoms with Crippen LogP contribution >= 0.6 is 43.5 Å². The highest BCUT2D eigenvalue weighted by atomic mass is 79.9. The molecule has 0 atom stereocenters. The minimum Gasteiger partial charge on any atom is -0.497 e. The van der Waals surface area contributed by atoms with Crippen molar-refractivity contribution in [2.24, 2.45) is 0 Å². The third-order valence-corrected chi connectivity index (χ3v) is 3.62. The molecule has 2 aromatic carbocycles. The van der Waals surface area contributed by atoms with E-state index < -0.39 is 0 Å². The molecule has 0 radical (unpaired) electrons. The van der Waals surface area contributed by atoms with E-state index in [1.807, 2.05) is 6.07 Å². The summed E-state index contributed by atoms with van der Waals surface area (Å²) in [6.07, 6.45) is 0. The van der Waals surface area contributed by atoms with Crippen LogP contribution < -0.4 is 10.1 Å². The van der Waals surface area contributed by atoms with Crippen LogP contribution in [0.3, 0.4) is 0 Å². The molecule has 104 valence electrons. The third-order valence-electron chi connectivity index (χ3n) is 2.49. The Bertz CT molecular complexity index is 641. The fourth-order valence-electron chi connectivity index (χ4n) is 1.64. The first-order chi connectivity index (χ1) is 9.47. The normalized spacial score (nSPS) is 10.2. The quantitative estimate of drug-likeness (QED) is 0.749. The van der Waals surface area contributed by atoms with E-state index in [0.29, 0.717) is 22.0 Å². The Balaban J connectivity index is 2.25. The Labute approximate surface area is 138 Å². The summed E-state index contributed by atoms with van der Waals surface area (Å²) in [6.45, 7) is 0. The zero-order chi connectivity index (χ0) is 14.7. The van der Waals surface area contributed by atoms with Crippen molar-refractivity contribution in [2.45, 2.75) is 0 Å². The lowest BCUT2D eigenvalue weighted by atomic mass is 10.2. The van der Waals surface area contributed by atoms with Gasteiger partial charge in [-0.15, -0.1) is 0 Å². The van der Waals surface area contributed by atoms with Crippen molar-refractivity contribution < 1.29 is 9.53 Å². The smallest absolute Gasteiger partial charge is 0.255 e. The standard InChI is InChI=1S/C14H10Br2ClNO2/c1-20-13-6-10(16)5-12(7-13)18-14(19)8-2-9(15)4-11(17)3-8/h2-7H,1H3,(H,18,19). The molecule has 6 heteroatoms. The second kappa shape index (κ2) is 6.61. The number of halogens is 3. The van der Waals surface area contributed by atoms with Crippen molar-refractivity contribution in [3.63, 3.8) is 0 Å². The van der Waals surface area contributed by atoms with Crippen LogP contribution in [-0.4, -0.2) is 13.0 Å². The van der Waals surface area contributed by atoms with Gasteiger partial charge in [-0.3, -0.25) is 4.79 Å². The van der Waals surface area contributed by atoms with Gasteiger partial charge in [0.1, 0.15) is 5.75 Å². The lowest BCUT2D eigenvalue weighted by Crippen LogP contribution is -2.12. The number of hydrogen-bond donors (Lipinski definition) is 1. The van der Waals surface area contributed by atoms with Crippen LogP contribution in [0.4, 0.5) is 5.69 Å². The number of rotatable bonds is 3. The maximum atomic E-state index is 12.2. The molecule has 0 aliphatic heterocycles.